The van der Waals surface area contributed by atoms with Gasteiger partial charge < -0.3 is 20.4 Å². The third-order valence-electron chi connectivity index (χ3n) is 8.83. The minimum absolute atomic E-state index is 0.141. The van der Waals surface area contributed by atoms with Crippen LogP contribution in [0.1, 0.15) is 42.0 Å². The van der Waals surface area contributed by atoms with Gasteiger partial charge >= 0.3 is 0 Å². The Balaban J connectivity index is 1.16. The standard InChI is InChI=1S/C30H41N7O4S/c1-34-14-16-35(17-15-34)20-22-6-11-27-23(18-22)4-3-5-28(27)36-21-24(32-33-36)19-29-30(38)31-12-13-37(29)42(39,40)26-9-7-25(41-2)8-10-26/h6-11,18,21,28-29,32-33H,3-5,12-17,19-20H2,1-2H3,(H,31,38)/t28-,29+/m0/s1. The Morgan fingerprint density at radius 1 is 1.02 bits per heavy atom. The summed E-state index contributed by atoms with van der Waals surface area (Å²) < 4.78 is 33.6. The number of fused-ring (bicyclic) bond motifs is 1. The number of sulfonamides is 1. The van der Waals surface area contributed by atoms with Crippen LogP contribution in [0.3, 0.4) is 0 Å². The number of carbonyl (C=O) groups excluding carboxylic acids is 1. The second kappa shape index (κ2) is 12.2. The molecule has 2 aromatic rings. The third kappa shape index (κ3) is 6.00. The maximum absolute atomic E-state index is 13.6. The third-order valence-corrected chi connectivity index (χ3v) is 10.8. The second-order valence-corrected chi connectivity index (χ2v) is 13.5. The quantitative estimate of drug-likeness (QED) is 0.419. The molecule has 1 amide bonds. The summed E-state index contributed by atoms with van der Waals surface area (Å²) in [7, 11) is -0.163. The average molecular weight is 596 g/mol. The molecule has 2 saturated heterocycles. The lowest BCUT2D eigenvalue weighted by Crippen LogP contribution is -2.57. The first-order chi connectivity index (χ1) is 20.3. The zero-order valence-electron chi connectivity index (χ0n) is 24.4. The molecule has 2 aromatic carbocycles. The summed E-state index contributed by atoms with van der Waals surface area (Å²) >= 11 is 0. The van der Waals surface area contributed by atoms with Crippen molar-refractivity contribution in [2.45, 2.75) is 49.2 Å². The molecule has 1 aliphatic carbocycles. The van der Waals surface area contributed by atoms with Crippen molar-refractivity contribution >= 4 is 15.9 Å². The van der Waals surface area contributed by atoms with Crippen LogP contribution in [-0.2, 0) is 27.8 Å². The number of nitrogens with zero attached hydrogens (tertiary/aromatic N) is 4. The van der Waals surface area contributed by atoms with Gasteiger partial charge in [-0.1, -0.05) is 18.2 Å². The lowest BCUT2D eigenvalue weighted by Gasteiger charge is -2.34. The van der Waals surface area contributed by atoms with Crippen molar-refractivity contribution in [3.8, 4) is 5.75 Å². The van der Waals surface area contributed by atoms with Crippen molar-refractivity contribution < 1.29 is 17.9 Å². The molecule has 0 radical (unpaired) electrons. The lowest BCUT2D eigenvalue weighted by molar-refractivity contribution is -0.126. The molecule has 0 bridgehead atoms. The average Bonchev–Trinajstić information content (AvgIpc) is 3.47. The molecule has 11 nitrogen and oxygen atoms in total. The molecule has 3 aliphatic heterocycles. The Bertz CT molecular complexity index is 1420. The molecule has 3 heterocycles. The van der Waals surface area contributed by atoms with E-state index in [4.69, 9.17) is 4.74 Å². The molecule has 2 atom stereocenters. The SMILES string of the molecule is COc1ccc(S(=O)(=O)N2CCNC(=O)[C@H]2CC2=CN([C@H]3CCCc4cc(CN5CCN(C)CC5)ccc43)NN2)cc1. The summed E-state index contributed by atoms with van der Waals surface area (Å²) in [5.74, 6) is 0.277. The minimum Gasteiger partial charge on any atom is -0.497 e. The van der Waals surface area contributed by atoms with Gasteiger partial charge in [0.05, 0.1) is 18.0 Å². The van der Waals surface area contributed by atoms with E-state index >= 15 is 0 Å². The number of piperazine rings is 2. The first-order valence-corrected chi connectivity index (χ1v) is 16.2. The van der Waals surface area contributed by atoms with Crippen molar-refractivity contribution in [3.63, 3.8) is 0 Å². The molecule has 6 rings (SSSR count). The van der Waals surface area contributed by atoms with Crippen molar-refractivity contribution in [1.82, 2.24) is 35.4 Å². The molecule has 3 N–H and O–H groups in total. The van der Waals surface area contributed by atoms with E-state index in [1.54, 1.807) is 12.1 Å². The smallest absolute Gasteiger partial charge is 0.243 e. The van der Waals surface area contributed by atoms with Crippen LogP contribution in [0.5, 0.6) is 5.75 Å². The van der Waals surface area contributed by atoms with Gasteiger partial charge in [-0.15, -0.1) is 5.53 Å². The molecule has 0 unspecified atom stereocenters. The van der Waals surface area contributed by atoms with E-state index in [9.17, 15) is 13.2 Å². The monoisotopic (exact) mass is 595 g/mol. The van der Waals surface area contributed by atoms with Crippen LogP contribution in [0.2, 0.25) is 0 Å². The Morgan fingerprint density at radius 3 is 2.57 bits per heavy atom. The number of rotatable bonds is 8. The number of amides is 1. The molecule has 0 aromatic heterocycles. The van der Waals surface area contributed by atoms with Gasteiger partial charge in [0.2, 0.25) is 15.9 Å². The number of hydrazine groups is 2. The van der Waals surface area contributed by atoms with E-state index in [0.29, 0.717) is 5.75 Å². The summed E-state index contributed by atoms with van der Waals surface area (Å²) in [6, 6.07) is 12.5. The van der Waals surface area contributed by atoms with Crippen molar-refractivity contribution in [2.24, 2.45) is 0 Å². The van der Waals surface area contributed by atoms with Crippen LogP contribution in [0.25, 0.3) is 0 Å². The number of benzene rings is 2. The van der Waals surface area contributed by atoms with Crippen LogP contribution in [-0.4, -0.2) is 92.9 Å². The number of hydrogen-bond acceptors (Lipinski definition) is 9. The number of methoxy groups -OCH3 is 1. The minimum atomic E-state index is -3.88. The van der Waals surface area contributed by atoms with E-state index in [-0.39, 0.29) is 36.4 Å². The Hall–Kier alpha value is -3.16. The Labute approximate surface area is 248 Å². The summed E-state index contributed by atoms with van der Waals surface area (Å²) in [4.78, 5) is 18.0. The van der Waals surface area contributed by atoms with Crippen LogP contribution in [0.15, 0.2) is 59.3 Å². The zero-order chi connectivity index (χ0) is 29.3. The molecule has 2 fully saturated rings. The molecular formula is C30H41N7O4S. The summed E-state index contributed by atoms with van der Waals surface area (Å²) in [6.45, 7) is 5.90. The number of carbonyl (C=O) groups is 1. The predicted molar refractivity (Wildman–Crippen MR) is 159 cm³/mol. The molecule has 42 heavy (non-hydrogen) atoms. The topological polar surface area (TPSA) is 109 Å². The van der Waals surface area contributed by atoms with Crippen molar-refractivity contribution in [2.75, 3.05) is 53.4 Å². The largest absolute Gasteiger partial charge is 0.497 e. The van der Waals surface area contributed by atoms with E-state index in [1.807, 2.05) is 6.20 Å². The number of hydrogen-bond donors (Lipinski definition) is 3. The molecule has 0 spiro atoms. The summed E-state index contributed by atoms with van der Waals surface area (Å²) in [6.07, 6.45) is 5.38. The van der Waals surface area contributed by atoms with Crippen LogP contribution < -0.4 is 21.0 Å². The highest BCUT2D eigenvalue weighted by Crippen LogP contribution is 2.36. The van der Waals surface area contributed by atoms with Crippen molar-refractivity contribution in [3.05, 3.63) is 71.1 Å². The van der Waals surface area contributed by atoms with Gasteiger partial charge in [0, 0.05) is 64.1 Å². The Kier molecular flexibility index (Phi) is 8.42. The molecule has 12 heteroatoms. The van der Waals surface area contributed by atoms with Crippen LogP contribution >= 0.6 is 0 Å². The van der Waals surface area contributed by atoms with Gasteiger partial charge in [0.15, 0.2) is 0 Å². The number of aryl methyl sites for hydroxylation is 1. The number of nitrogens with one attached hydrogen (secondary N) is 3. The normalized spacial score (nSPS) is 24.1. The van der Waals surface area contributed by atoms with Gasteiger partial charge in [-0.05, 0) is 67.3 Å². The van der Waals surface area contributed by atoms with E-state index in [2.05, 4.69) is 56.3 Å². The van der Waals surface area contributed by atoms with E-state index in [0.717, 1.165) is 57.7 Å². The van der Waals surface area contributed by atoms with E-state index < -0.39 is 16.1 Å². The molecule has 226 valence electrons. The maximum atomic E-state index is 13.6. The molecule has 0 saturated carbocycles. The number of ether oxygens (including phenoxy) is 1. The van der Waals surface area contributed by atoms with E-state index in [1.165, 1.54) is 40.2 Å². The second-order valence-electron chi connectivity index (χ2n) is 11.6. The first kappa shape index (κ1) is 28.9. The molecular weight excluding hydrogens is 554 g/mol. The predicted octanol–water partition coefficient (Wildman–Crippen LogP) is 1.57. The fraction of sp³-hybridized carbons (Fsp3) is 0.500. The van der Waals surface area contributed by atoms with Gasteiger partial charge in [0.1, 0.15) is 11.8 Å². The first-order valence-electron chi connectivity index (χ1n) is 14.8. The van der Waals surface area contributed by atoms with Crippen molar-refractivity contribution in [1.29, 1.82) is 0 Å². The van der Waals surface area contributed by atoms with Gasteiger partial charge in [-0.3, -0.25) is 14.7 Å². The van der Waals surface area contributed by atoms with Crippen LogP contribution in [0.4, 0.5) is 0 Å². The van der Waals surface area contributed by atoms with Gasteiger partial charge in [0.25, 0.3) is 0 Å². The van der Waals surface area contributed by atoms with Gasteiger partial charge in [-0.25, -0.2) is 8.42 Å². The fourth-order valence-corrected chi connectivity index (χ4v) is 7.99. The highest BCUT2D eigenvalue weighted by atomic mass is 32.2. The van der Waals surface area contributed by atoms with Crippen LogP contribution in [0, 0.1) is 0 Å². The highest BCUT2D eigenvalue weighted by molar-refractivity contribution is 7.89. The fourth-order valence-electron chi connectivity index (χ4n) is 6.40. The summed E-state index contributed by atoms with van der Waals surface area (Å²) in [5, 5.41) is 4.91. The molecule has 4 aliphatic rings. The lowest BCUT2D eigenvalue weighted by atomic mass is 9.86. The Morgan fingerprint density at radius 2 is 1.81 bits per heavy atom. The summed E-state index contributed by atoms with van der Waals surface area (Å²) in [5.41, 5.74) is 11.3. The van der Waals surface area contributed by atoms with Gasteiger partial charge in [-0.2, -0.15) is 4.31 Å². The zero-order valence-corrected chi connectivity index (χ0v) is 25.2. The highest BCUT2D eigenvalue weighted by Gasteiger charge is 2.40. The maximum Gasteiger partial charge on any atom is 0.243 e. The number of likely N-dealkylation sites (N-methyl/N-ethyl adjacent to an activating group) is 1.